The van der Waals surface area contributed by atoms with Gasteiger partial charge in [0.15, 0.2) is 0 Å². The van der Waals surface area contributed by atoms with E-state index in [1.807, 2.05) is 13.8 Å². The lowest BCUT2D eigenvalue weighted by Gasteiger charge is -2.17. The second-order valence-electron chi connectivity index (χ2n) is 6.36. The van der Waals surface area contributed by atoms with E-state index in [0.717, 1.165) is 0 Å². The van der Waals surface area contributed by atoms with Crippen LogP contribution in [0.25, 0.3) is 0 Å². The van der Waals surface area contributed by atoms with E-state index in [-0.39, 0.29) is 35.9 Å². The van der Waals surface area contributed by atoms with Gasteiger partial charge >= 0.3 is 5.97 Å². The molecule has 0 aliphatic heterocycles. The van der Waals surface area contributed by atoms with Crippen molar-refractivity contribution in [1.82, 2.24) is 10.0 Å². The maximum atomic E-state index is 12.5. The summed E-state index contributed by atoms with van der Waals surface area (Å²) in [5, 5.41) is 11.7. The number of amides is 1. The molecule has 0 unspecified atom stereocenters. The Labute approximate surface area is 154 Å². The number of rotatable bonds is 10. The summed E-state index contributed by atoms with van der Waals surface area (Å²) < 4.78 is 31.7. The zero-order chi connectivity index (χ0) is 19.9. The molecule has 1 atom stereocenters. The summed E-state index contributed by atoms with van der Waals surface area (Å²) in [6, 6.07) is 3.11. The van der Waals surface area contributed by atoms with Gasteiger partial charge in [0.1, 0.15) is 6.04 Å². The fourth-order valence-corrected chi connectivity index (χ4v) is 3.34. The first-order valence-electron chi connectivity index (χ1n) is 8.21. The Morgan fingerprint density at radius 3 is 2.46 bits per heavy atom. The van der Waals surface area contributed by atoms with Crippen LogP contribution in [0.1, 0.15) is 36.2 Å². The fraction of sp³-hybridized carbons (Fsp3) is 0.529. The summed E-state index contributed by atoms with van der Waals surface area (Å²) in [5.74, 6) is -1.67. The van der Waals surface area contributed by atoms with Crippen molar-refractivity contribution in [2.24, 2.45) is 5.92 Å². The number of nitrogens with one attached hydrogen (secondary N) is 2. The molecule has 0 spiro atoms. The maximum Gasteiger partial charge on any atom is 0.326 e. The number of sulfonamides is 1. The molecule has 0 aromatic heterocycles. The van der Waals surface area contributed by atoms with Gasteiger partial charge in [0.05, 0.1) is 11.5 Å². The van der Waals surface area contributed by atoms with E-state index in [4.69, 9.17) is 4.74 Å². The zero-order valence-corrected chi connectivity index (χ0v) is 16.2. The van der Waals surface area contributed by atoms with Gasteiger partial charge in [-0.05, 0) is 37.0 Å². The standard InChI is InChI=1S/C17H26N2O6S/c1-11(2)9-15(17(21)22)19-16(20)14-10-13(6-5-12(14)3)26(23,24)18-7-8-25-4/h5-6,10-11,15,18H,7-9H2,1-4H3,(H,19,20)(H,21,22)/t15-/m1/s1. The number of hydrogen-bond donors (Lipinski definition) is 3. The minimum atomic E-state index is -3.80. The SMILES string of the molecule is COCCNS(=O)(=O)c1ccc(C)c(C(=O)N[C@H](CC(C)C)C(=O)O)c1. The van der Waals surface area contributed by atoms with Crippen molar-refractivity contribution >= 4 is 21.9 Å². The number of ether oxygens (including phenoxy) is 1. The molecule has 0 fully saturated rings. The number of methoxy groups -OCH3 is 1. The number of carbonyl (C=O) groups excluding carboxylic acids is 1. The van der Waals surface area contributed by atoms with Crippen LogP contribution in [0.15, 0.2) is 23.1 Å². The lowest BCUT2D eigenvalue weighted by molar-refractivity contribution is -0.139. The molecule has 0 heterocycles. The largest absolute Gasteiger partial charge is 0.480 e. The van der Waals surface area contributed by atoms with Gasteiger partial charge < -0.3 is 15.2 Å². The highest BCUT2D eigenvalue weighted by Gasteiger charge is 2.24. The summed E-state index contributed by atoms with van der Waals surface area (Å²) in [4.78, 5) is 23.7. The normalized spacial score (nSPS) is 12.8. The molecule has 1 aromatic carbocycles. The molecule has 1 aromatic rings. The van der Waals surface area contributed by atoms with Gasteiger partial charge in [0, 0.05) is 19.2 Å². The molecule has 0 aliphatic carbocycles. The van der Waals surface area contributed by atoms with Crippen LogP contribution in [0.4, 0.5) is 0 Å². The summed E-state index contributed by atoms with van der Waals surface area (Å²) in [7, 11) is -2.34. The Bertz CT molecular complexity index is 746. The molecular weight excluding hydrogens is 360 g/mol. The first-order chi connectivity index (χ1) is 12.1. The second-order valence-corrected chi connectivity index (χ2v) is 8.13. The first-order valence-corrected chi connectivity index (χ1v) is 9.69. The smallest absolute Gasteiger partial charge is 0.326 e. The lowest BCUT2D eigenvalue weighted by atomic mass is 10.0. The van der Waals surface area contributed by atoms with Gasteiger partial charge in [-0.15, -0.1) is 0 Å². The number of hydrogen-bond acceptors (Lipinski definition) is 5. The molecular formula is C17H26N2O6S. The fourth-order valence-electron chi connectivity index (χ4n) is 2.30. The van der Waals surface area contributed by atoms with Crippen LogP contribution >= 0.6 is 0 Å². The van der Waals surface area contributed by atoms with Gasteiger partial charge in [0.25, 0.3) is 5.91 Å². The number of aryl methyl sites for hydroxylation is 1. The molecule has 26 heavy (non-hydrogen) atoms. The Balaban J connectivity index is 3.05. The third-order valence-corrected chi connectivity index (χ3v) is 5.13. The summed E-state index contributed by atoms with van der Waals surface area (Å²) in [5.41, 5.74) is 0.668. The van der Waals surface area contributed by atoms with Gasteiger partial charge in [-0.1, -0.05) is 19.9 Å². The van der Waals surface area contributed by atoms with Crippen molar-refractivity contribution in [1.29, 1.82) is 0 Å². The molecule has 1 rings (SSSR count). The zero-order valence-electron chi connectivity index (χ0n) is 15.4. The monoisotopic (exact) mass is 386 g/mol. The average Bonchev–Trinajstić information content (AvgIpc) is 2.53. The van der Waals surface area contributed by atoms with Crippen LogP contribution in [-0.2, 0) is 19.6 Å². The third kappa shape index (κ3) is 6.40. The highest BCUT2D eigenvalue weighted by atomic mass is 32.2. The van der Waals surface area contributed by atoms with Crippen molar-refractivity contribution in [3.63, 3.8) is 0 Å². The van der Waals surface area contributed by atoms with Gasteiger partial charge in [-0.3, -0.25) is 4.79 Å². The highest BCUT2D eigenvalue weighted by molar-refractivity contribution is 7.89. The lowest BCUT2D eigenvalue weighted by Crippen LogP contribution is -2.42. The van der Waals surface area contributed by atoms with E-state index in [2.05, 4.69) is 10.0 Å². The molecule has 0 saturated carbocycles. The highest BCUT2D eigenvalue weighted by Crippen LogP contribution is 2.16. The average molecular weight is 386 g/mol. The minimum Gasteiger partial charge on any atom is -0.480 e. The number of aliphatic carboxylic acids is 1. The summed E-state index contributed by atoms with van der Waals surface area (Å²) in [6.07, 6.45) is 0.274. The maximum absolute atomic E-state index is 12.5. The van der Waals surface area contributed by atoms with Crippen molar-refractivity contribution in [3.8, 4) is 0 Å². The van der Waals surface area contributed by atoms with Crippen molar-refractivity contribution in [3.05, 3.63) is 29.3 Å². The number of carboxylic acid groups (broad SMARTS) is 1. The first kappa shape index (κ1) is 22.1. The van der Waals surface area contributed by atoms with Crippen molar-refractivity contribution in [2.75, 3.05) is 20.3 Å². The number of benzene rings is 1. The minimum absolute atomic E-state index is 0.0694. The molecule has 0 radical (unpaired) electrons. The topological polar surface area (TPSA) is 122 Å². The third-order valence-electron chi connectivity index (χ3n) is 3.67. The van der Waals surface area contributed by atoms with E-state index < -0.39 is 27.9 Å². The Morgan fingerprint density at radius 2 is 1.92 bits per heavy atom. The molecule has 9 heteroatoms. The molecule has 0 aliphatic rings. The second kappa shape index (κ2) is 9.65. The van der Waals surface area contributed by atoms with Gasteiger partial charge in [0.2, 0.25) is 10.0 Å². The molecule has 1 amide bonds. The van der Waals surface area contributed by atoms with E-state index in [1.165, 1.54) is 25.3 Å². The molecule has 0 saturated heterocycles. The summed E-state index contributed by atoms with van der Waals surface area (Å²) >= 11 is 0. The quantitative estimate of drug-likeness (QED) is 0.519. The Kier molecular flexibility index (Phi) is 8.19. The van der Waals surface area contributed by atoms with Crippen molar-refractivity contribution < 1.29 is 27.9 Å². The Morgan fingerprint density at radius 1 is 1.27 bits per heavy atom. The van der Waals surface area contributed by atoms with Crippen LogP contribution in [0.3, 0.4) is 0 Å². The van der Waals surface area contributed by atoms with Crippen LogP contribution < -0.4 is 10.0 Å². The van der Waals surface area contributed by atoms with Crippen LogP contribution in [0.5, 0.6) is 0 Å². The number of carboxylic acids is 1. The predicted octanol–water partition coefficient (Wildman–Crippen LogP) is 1.15. The number of carbonyl (C=O) groups is 2. The van der Waals surface area contributed by atoms with E-state index >= 15 is 0 Å². The summed E-state index contributed by atoms with van der Waals surface area (Å²) in [6.45, 7) is 5.68. The van der Waals surface area contributed by atoms with E-state index in [1.54, 1.807) is 6.92 Å². The molecule has 3 N–H and O–H groups in total. The van der Waals surface area contributed by atoms with Gasteiger partial charge in [-0.25, -0.2) is 17.9 Å². The van der Waals surface area contributed by atoms with E-state index in [0.29, 0.717) is 5.56 Å². The molecule has 146 valence electrons. The van der Waals surface area contributed by atoms with Crippen LogP contribution in [-0.4, -0.2) is 51.7 Å². The van der Waals surface area contributed by atoms with E-state index in [9.17, 15) is 23.1 Å². The van der Waals surface area contributed by atoms with Crippen molar-refractivity contribution in [2.45, 2.75) is 38.1 Å². The van der Waals surface area contributed by atoms with Crippen LogP contribution in [0.2, 0.25) is 0 Å². The molecule has 0 bridgehead atoms. The van der Waals surface area contributed by atoms with Crippen LogP contribution in [0, 0.1) is 12.8 Å². The molecule has 8 nitrogen and oxygen atoms in total. The Hall–Kier alpha value is -1.97. The predicted molar refractivity (Wildman–Crippen MR) is 96.6 cm³/mol. The van der Waals surface area contributed by atoms with Gasteiger partial charge in [-0.2, -0.15) is 0 Å².